The van der Waals surface area contributed by atoms with Gasteiger partial charge in [-0.25, -0.2) is 4.68 Å². The van der Waals surface area contributed by atoms with E-state index in [-0.39, 0.29) is 5.91 Å². The average Bonchev–Trinajstić information content (AvgIpc) is 3.22. The molecule has 2 aromatic carbocycles. The van der Waals surface area contributed by atoms with Crippen LogP contribution in [0.1, 0.15) is 15.9 Å². The minimum absolute atomic E-state index is 0.131. The zero-order valence-electron chi connectivity index (χ0n) is 14.5. The molecule has 0 bridgehead atoms. The first-order valence-corrected chi connectivity index (χ1v) is 8.04. The van der Waals surface area contributed by atoms with Gasteiger partial charge in [0.2, 0.25) is 0 Å². The van der Waals surface area contributed by atoms with E-state index < -0.39 is 0 Å². The molecule has 1 amide bonds. The van der Waals surface area contributed by atoms with Gasteiger partial charge in [0.05, 0.1) is 19.9 Å². The molecule has 0 fully saturated rings. The van der Waals surface area contributed by atoms with E-state index in [1.165, 1.54) is 11.0 Å². The first-order valence-electron chi connectivity index (χ1n) is 8.04. The van der Waals surface area contributed by atoms with Crippen molar-refractivity contribution in [3.8, 4) is 17.2 Å². The number of aromatic nitrogens is 4. The number of carbonyl (C=O) groups is 1. The highest BCUT2D eigenvalue weighted by Crippen LogP contribution is 2.27. The fourth-order valence-corrected chi connectivity index (χ4v) is 2.50. The van der Waals surface area contributed by atoms with E-state index in [1.54, 1.807) is 38.5 Å². The van der Waals surface area contributed by atoms with Crippen LogP contribution in [0.2, 0.25) is 0 Å². The minimum atomic E-state index is -0.131. The summed E-state index contributed by atoms with van der Waals surface area (Å²) in [6.07, 6.45) is 2.19. The number of benzene rings is 2. The number of hydrogen-bond donors (Lipinski definition) is 1. The summed E-state index contributed by atoms with van der Waals surface area (Å²) in [5.41, 5.74) is 2.42. The topological polar surface area (TPSA) is 91.2 Å². The Kier molecular flexibility index (Phi) is 5.43. The molecule has 0 aliphatic carbocycles. The Hall–Kier alpha value is -3.42. The zero-order chi connectivity index (χ0) is 18.4. The molecule has 0 atom stereocenters. The average molecular weight is 353 g/mol. The Bertz CT molecular complexity index is 863. The second kappa shape index (κ2) is 8.11. The molecule has 1 aromatic heterocycles. The van der Waals surface area contributed by atoms with Gasteiger partial charge in [0.25, 0.3) is 5.91 Å². The molecular weight excluding hydrogens is 334 g/mol. The maximum atomic E-state index is 12.3. The van der Waals surface area contributed by atoms with Gasteiger partial charge in [-0.3, -0.25) is 4.79 Å². The van der Waals surface area contributed by atoms with Crippen molar-refractivity contribution >= 4 is 5.91 Å². The minimum Gasteiger partial charge on any atom is -0.493 e. The number of carbonyl (C=O) groups excluding carboxylic acids is 1. The molecule has 8 heteroatoms. The van der Waals surface area contributed by atoms with Crippen LogP contribution in [0, 0.1) is 0 Å². The predicted molar refractivity (Wildman–Crippen MR) is 94.7 cm³/mol. The number of ether oxygens (including phenoxy) is 2. The van der Waals surface area contributed by atoms with Gasteiger partial charge in [-0.2, -0.15) is 0 Å². The molecule has 0 aliphatic heterocycles. The third-order valence-corrected chi connectivity index (χ3v) is 3.89. The lowest BCUT2D eigenvalue weighted by Crippen LogP contribution is -2.25. The lowest BCUT2D eigenvalue weighted by Gasteiger charge is -2.10. The summed E-state index contributed by atoms with van der Waals surface area (Å²) < 4.78 is 12.0. The van der Waals surface area contributed by atoms with Gasteiger partial charge in [-0.1, -0.05) is 6.07 Å². The Morgan fingerprint density at radius 3 is 2.50 bits per heavy atom. The molecule has 0 aliphatic rings. The van der Waals surface area contributed by atoms with Crippen molar-refractivity contribution in [1.82, 2.24) is 25.5 Å². The highest BCUT2D eigenvalue weighted by atomic mass is 16.5. The van der Waals surface area contributed by atoms with Crippen LogP contribution in [0.15, 0.2) is 48.8 Å². The third-order valence-electron chi connectivity index (χ3n) is 3.89. The van der Waals surface area contributed by atoms with E-state index in [2.05, 4.69) is 20.8 Å². The van der Waals surface area contributed by atoms with Gasteiger partial charge in [-0.15, -0.1) is 5.10 Å². The molecule has 26 heavy (non-hydrogen) atoms. The maximum absolute atomic E-state index is 12.3. The molecule has 8 nitrogen and oxygen atoms in total. The van der Waals surface area contributed by atoms with Crippen molar-refractivity contribution < 1.29 is 14.3 Å². The standard InChI is InChI=1S/C18H19N5O3/c1-25-16-8-3-13(11-17(16)26-2)9-10-19-18(24)14-4-6-15(7-5-14)23-12-20-21-22-23/h3-8,11-12H,9-10H2,1-2H3,(H,19,24). The number of rotatable bonds is 7. The van der Waals surface area contributed by atoms with Gasteiger partial charge < -0.3 is 14.8 Å². The SMILES string of the molecule is COc1ccc(CCNC(=O)c2ccc(-n3cnnn3)cc2)cc1OC. The van der Waals surface area contributed by atoms with Crippen LogP contribution in [0.3, 0.4) is 0 Å². The number of amides is 1. The van der Waals surface area contributed by atoms with E-state index >= 15 is 0 Å². The van der Waals surface area contributed by atoms with Gasteiger partial charge in [-0.05, 0) is 58.8 Å². The molecule has 0 radical (unpaired) electrons. The Balaban J connectivity index is 1.56. The van der Waals surface area contributed by atoms with Crippen molar-refractivity contribution in [1.29, 1.82) is 0 Å². The molecular formula is C18H19N5O3. The number of tetrazole rings is 1. The predicted octanol–water partition coefficient (Wildman–Crippen LogP) is 1.65. The normalized spacial score (nSPS) is 10.4. The summed E-state index contributed by atoms with van der Waals surface area (Å²) in [6.45, 7) is 0.517. The summed E-state index contributed by atoms with van der Waals surface area (Å²) in [5.74, 6) is 1.23. The van der Waals surface area contributed by atoms with Crippen molar-refractivity contribution in [2.75, 3.05) is 20.8 Å². The summed E-state index contributed by atoms with van der Waals surface area (Å²) in [5, 5.41) is 13.9. The van der Waals surface area contributed by atoms with Gasteiger partial charge in [0.1, 0.15) is 6.33 Å². The Labute approximate surface area is 150 Å². The van der Waals surface area contributed by atoms with Crippen LogP contribution in [-0.2, 0) is 6.42 Å². The van der Waals surface area contributed by atoms with Crippen LogP contribution >= 0.6 is 0 Å². The molecule has 1 N–H and O–H groups in total. The zero-order valence-corrected chi connectivity index (χ0v) is 14.5. The smallest absolute Gasteiger partial charge is 0.251 e. The first-order chi connectivity index (χ1) is 12.7. The van der Waals surface area contributed by atoms with E-state index in [0.717, 1.165) is 11.3 Å². The van der Waals surface area contributed by atoms with Crippen molar-refractivity contribution in [3.63, 3.8) is 0 Å². The van der Waals surface area contributed by atoms with Crippen LogP contribution in [0.25, 0.3) is 5.69 Å². The van der Waals surface area contributed by atoms with Crippen LogP contribution in [0.4, 0.5) is 0 Å². The van der Waals surface area contributed by atoms with Crippen LogP contribution < -0.4 is 14.8 Å². The molecule has 1 heterocycles. The Morgan fingerprint density at radius 1 is 1.08 bits per heavy atom. The number of methoxy groups -OCH3 is 2. The number of nitrogens with zero attached hydrogens (tertiary/aromatic N) is 4. The quantitative estimate of drug-likeness (QED) is 0.694. The van der Waals surface area contributed by atoms with Gasteiger partial charge in [0.15, 0.2) is 11.5 Å². The molecule has 134 valence electrons. The molecule has 0 saturated carbocycles. The lowest BCUT2D eigenvalue weighted by atomic mass is 10.1. The van der Waals surface area contributed by atoms with E-state index in [4.69, 9.17) is 9.47 Å². The van der Waals surface area contributed by atoms with E-state index in [9.17, 15) is 4.79 Å². The highest BCUT2D eigenvalue weighted by Gasteiger charge is 2.08. The summed E-state index contributed by atoms with van der Waals surface area (Å²) >= 11 is 0. The third kappa shape index (κ3) is 3.97. The van der Waals surface area contributed by atoms with Crippen molar-refractivity contribution in [2.45, 2.75) is 6.42 Å². The highest BCUT2D eigenvalue weighted by molar-refractivity contribution is 5.94. The molecule has 0 saturated heterocycles. The number of hydrogen-bond acceptors (Lipinski definition) is 6. The lowest BCUT2D eigenvalue weighted by molar-refractivity contribution is 0.0954. The largest absolute Gasteiger partial charge is 0.493 e. The van der Waals surface area contributed by atoms with Gasteiger partial charge in [0, 0.05) is 12.1 Å². The van der Waals surface area contributed by atoms with Crippen LogP contribution in [-0.4, -0.2) is 46.9 Å². The molecule has 3 rings (SSSR count). The summed E-state index contributed by atoms with van der Waals surface area (Å²) in [4.78, 5) is 12.3. The van der Waals surface area contributed by atoms with Crippen molar-refractivity contribution in [3.05, 3.63) is 59.9 Å². The molecule has 3 aromatic rings. The molecule has 0 unspecified atom stereocenters. The van der Waals surface area contributed by atoms with E-state index in [1.807, 2.05) is 18.2 Å². The van der Waals surface area contributed by atoms with Gasteiger partial charge >= 0.3 is 0 Å². The second-order valence-corrected chi connectivity index (χ2v) is 5.50. The fourth-order valence-electron chi connectivity index (χ4n) is 2.50. The summed E-state index contributed by atoms with van der Waals surface area (Å²) in [6, 6.07) is 12.8. The maximum Gasteiger partial charge on any atom is 0.251 e. The van der Waals surface area contributed by atoms with Crippen LogP contribution in [0.5, 0.6) is 11.5 Å². The van der Waals surface area contributed by atoms with E-state index in [0.29, 0.717) is 30.0 Å². The molecule has 0 spiro atoms. The number of nitrogens with one attached hydrogen (secondary N) is 1. The first kappa shape index (κ1) is 17.4. The fraction of sp³-hybridized carbons (Fsp3) is 0.222. The van der Waals surface area contributed by atoms with Crippen molar-refractivity contribution in [2.24, 2.45) is 0 Å². The second-order valence-electron chi connectivity index (χ2n) is 5.50. The summed E-state index contributed by atoms with van der Waals surface area (Å²) in [7, 11) is 3.20. The Morgan fingerprint density at radius 2 is 1.85 bits per heavy atom. The monoisotopic (exact) mass is 353 g/mol.